The summed E-state index contributed by atoms with van der Waals surface area (Å²) in [5.74, 6) is 1.32. The molecular formula is C48H77NO7S. The van der Waals surface area contributed by atoms with E-state index < -0.39 is 21.5 Å². The van der Waals surface area contributed by atoms with Crippen molar-refractivity contribution in [3.8, 4) is 0 Å². The van der Waals surface area contributed by atoms with Crippen LogP contribution >= 0.6 is 0 Å². The molecule has 1 N–H and O–H groups in total. The number of nitrogens with one attached hydrogen (secondary N) is 1. The third-order valence-corrected chi connectivity index (χ3v) is 18.7. The van der Waals surface area contributed by atoms with Crippen molar-refractivity contribution >= 4 is 16.0 Å². The molecule has 1 aromatic carbocycles. The fraction of sp³-hybridized carbons (Fsp3) is 0.812. The molecule has 4 fully saturated rings. The minimum Gasteiger partial charge on any atom is -0.465 e. The zero-order valence-corrected chi connectivity index (χ0v) is 38.6. The number of sulfonamides is 1. The van der Waals surface area contributed by atoms with Gasteiger partial charge in [-0.05, 0) is 109 Å². The highest BCUT2D eigenvalue weighted by Gasteiger charge is 2.72. The topological polar surface area (TPSA) is 100 Å². The smallest absolute Gasteiger partial charge is 0.310 e. The lowest BCUT2D eigenvalue weighted by Crippen LogP contribution is -2.70. The van der Waals surface area contributed by atoms with Crippen molar-refractivity contribution in [2.24, 2.45) is 62.1 Å². The van der Waals surface area contributed by atoms with Gasteiger partial charge in [0.05, 0.1) is 55.5 Å². The van der Waals surface area contributed by atoms with Crippen LogP contribution in [0.3, 0.4) is 0 Å². The summed E-state index contributed by atoms with van der Waals surface area (Å²) in [7, 11) is -1.97. The van der Waals surface area contributed by atoms with E-state index in [1.165, 1.54) is 5.57 Å². The first-order valence-electron chi connectivity index (χ1n) is 22.2. The molecule has 322 valence electrons. The van der Waals surface area contributed by atoms with Crippen LogP contribution in [-0.4, -0.2) is 66.2 Å². The molecule has 0 spiro atoms. The van der Waals surface area contributed by atoms with E-state index in [-0.39, 0.29) is 62.7 Å². The number of ether oxygens (including phenoxy) is 4. The van der Waals surface area contributed by atoms with Crippen molar-refractivity contribution < 1.29 is 32.2 Å². The van der Waals surface area contributed by atoms with Gasteiger partial charge in [-0.3, -0.25) is 4.79 Å². The monoisotopic (exact) mass is 812 g/mol. The summed E-state index contributed by atoms with van der Waals surface area (Å²) < 4.78 is 56.7. The maximum absolute atomic E-state index is 14.5. The quantitative estimate of drug-likeness (QED) is 0.120. The minimum absolute atomic E-state index is 0.0102. The molecule has 8 nitrogen and oxygen atoms in total. The predicted molar refractivity (Wildman–Crippen MR) is 227 cm³/mol. The Morgan fingerprint density at radius 1 is 1.00 bits per heavy atom. The van der Waals surface area contributed by atoms with E-state index in [0.29, 0.717) is 43.5 Å². The molecule has 1 saturated heterocycles. The first-order chi connectivity index (χ1) is 26.6. The number of fused-ring (bicyclic) bond motifs is 3. The molecule has 0 unspecified atom stereocenters. The number of aryl methyl sites for hydroxylation is 1. The molecule has 57 heavy (non-hydrogen) atoms. The summed E-state index contributed by atoms with van der Waals surface area (Å²) >= 11 is 0. The Bertz CT molecular complexity index is 1750. The number of esters is 1. The lowest BCUT2D eigenvalue weighted by molar-refractivity contribution is -0.268. The highest BCUT2D eigenvalue weighted by Crippen LogP contribution is 2.75. The first-order valence-corrected chi connectivity index (χ1v) is 23.7. The van der Waals surface area contributed by atoms with Crippen LogP contribution in [0.15, 0.2) is 40.8 Å². The minimum atomic E-state index is -3.77. The van der Waals surface area contributed by atoms with Gasteiger partial charge in [0.1, 0.15) is 0 Å². The maximum atomic E-state index is 14.5. The van der Waals surface area contributed by atoms with Gasteiger partial charge in [0.2, 0.25) is 10.0 Å². The van der Waals surface area contributed by atoms with Crippen LogP contribution in [0.5, 0.6) is 0 Å². The van der Waals surface area contributed by atoms with Crippen molar-refractivity contribution in [2.75, 3.05) is 33.5 Å². The second kappa shape index (κ2) is 15.9. The van der Waals surface area contributed by atoms with Crippen LogP contribution in [0, 0.1) is 69.0 Å². The lowest BCUT2D eigenvalue weighted by atomic mass is 9.34. The normalized spacial score (nSPS) is 39.0. The molecule has 1 heterocycles. The van der Waals surface area contributed by atoms with Crippen LogP contribution in [-0.2, 0) is 33.8 Å². The van der Waals surface area contributed by atoms with E-state index in [1.54, 1.807) is 19.2 Å². The molecule has 12 atom stereocenters. The number of hydrogen-bond acceptors (Lipinski definition) is 7. The Morgan fingerprint density at radius 3 is 2.30 bits per heavy atom. The fourth-order valence-electron chi connectivity index (χ4n) is 13.1. The standard InChI is InChI=1S/C48H77NO7S/c1-14-15-26-55-42(50)40-44(9,33(5)31(2)3)24-25-46(11)35-20-21-38-45(10)29-54-30-48(38,36(35)22-23-47(40,46)12)27-37(53-13)41(45)56-28-39(43(6,7)8)49-57(51,52)34-18-16-32(4)17-19-34/h16-19,22,31,33,35,37-41,49H,14-15,20-21,23-30H2,1-13H3/t33-,35+,37-,38+,39-,40-,41+,44-,45+,46-,47+,48+/m1/s1. The zero-order valence-electron chi connectivity index (χ0n) is 37.8. The maximum Gasteiger partial charge on any atom is 0.310 e. The summed E-state index contributed by atoms with van der Waals surface area (Å²) in [6, 6.07) is 6.52. The Balaban J connectivity index is 1.32. The Morgan fingerprint density at radius 2 is 1.68 bits per heavy atom. The van der Waals surface area contributed by atoms with Crippen LogP contribution in [0.25, 0.3) is 0 Å². The van der Waals surface area contributed by atoms with Gasteiger partial charge in [-0.2, -0.15) is 0 Å². The second-order valence-corrected chi connectivity index (χ2v) is 23.3. The van der Waals surface area contributed by atoms with Gasteiger partial charge < -0.3 is 18.9 Å². The molecule has 5 aliphatic rings. The average molecular weight is 812 g/mol. The van der Waals surface area contributed by atoms with Gasteiger partial charge in [-0.15, -0.1) is 0 Å². The molecule has 0 amide bonds. The number of carbonyl (C=O) groups is 1. The van der Waals surface area contributed by atoms with Crippen molar-refractivity contribution in [1.29, 1.82) is 0 Å². The summed E-state index contributed by atoms with van der Waals surface area (Å²) in [4.78, 5) is 14.8. The van der Waals surface area contributed by atoms with Crippen LogP contribution < -0.4 is 4.72 Å². The molecule has 0 radical (unpaired) electrons. The summed E-state index contributed by atoms with van der Waals surface area (Å²) in [6.45, 7) is 28.9. The van der Waals surface area contributed by atoms with Gasteiger partial charge in [-0.25, -0.2) is 13.1 Å². The van der Waals surface area contributed by atoms with Crippen LogP contribution in [0.4, 0.5) is 0 Å². The second-order valence-electron chi connectivity index (χ2n) is 21.6. The van der Waals surface area contributed by atoms with Gasteiger partial charge in [-0.1, -0.05) is 112 Å². The van der Waals surface area contributed by atoms with E-state index >= 15 is 0 Å². The van der Waals surface area contributed by atoms with Crippen LogP contribution in [0.1, 0.15) is 133 Å². The number of methoxy groups -OCH3 is 1. The molecule has 3 saturated carbocycles. The highest BCUT2D eigenvalue weighted by molar-refractivity contribution is 7.89. The van der Waals surface area contributed by atoms with Gasteiger partial charge in [0.25, 0.3) is 0 Å². The van der Waals surface area contributed by atoms with Gasteiger partial charge in [0, 0.05) is 17.9 Å². The molecule has 1 aliphatic heterocycles. The third-order valence-electron chi connectivity index (χ3n) is 17.2. The predicted octanol–water partition coefficient (Wildman–Crippen LogP) is 9.94. The first kappa shape index (κ1) is 44.8. The third kappa shape index (κ3) is 7.41. The van der Waals surface area contributed by atoms with E-state index in [9.17, 15) is 13.2 Å². The van der Waals surface area contributed by atoms with Crippen molar-refractivity contribution in [1.82, 2.24) is 4.72 Å². The zero-order chi connectivity index (χ0) is 42.0. The Labute approximate surface area is 346 Å². The Hall–Kier alpha value is -1.78. The van der Waals surface area contributed by atoms with Crippen molar-refractivity contribution in [3.05, 3.63) is 41.5 Å². The number of allylic oxidation sites excluding steroid dienone is 1. The molecule has 0 aromatic heterocycles. The molecule has 2 bridgehead atoms. The molecule has 6 rings (SSSR count). The number of carbonyl (C=O) groups excluding carboxylic acids is 1. The Kier molecular flexibility index (Phi) is 12.5. The van der Waals surface area contributed by atoms with Crippen molar-refractivity contribution in [3.63, 3.8) is 0 Å². The number of unbranched alkanes of at least 4 members (excludes halogenated alkanes) is 1. The molecule has 1 aromatic rings. The van der Waals surface area contributed by atoms with E-state index in [0.717, 1.165) is 56.9 Å². The van der Waals surface area contributed by atoms with E-state index in [2.05, 4.69) is 87.0 Å². The number of benzene rings is 1. The lowest BCUT2D eigenvalue weighted by Gasteiger charge is -2.71. The fourth-order valence-corrected chi connectivity index (χ4v) is 14.5. The number of hydrogen-bond donors (Lipinski definition) is 1. The molecule has 9 heteroatoms. The van der Waals surface area contributed by atoms with Gasteiger partial charge >= 0.3 is 5.97 Å². The van der Waals surface area contributed by atoms with E-state index in [4.69, 9.17) is 18.9 Å². The summed E-state index contributed by atoms with van der Waals surface area (Å²) in [6.07, 6.45) is 9.87. The SMILES string of the molecule is CCCCOC(=O)[C@@H]1[C@@](C)([C@H](C)C(C)C)CC[C@]2(C)[C@H]3CC[C@@H]4[C@@]5(COC[C@]4(C)[C@@H](OC[C@@H](NS(=O)(=O)c4ccc(C)cc4)C(C)(C)C)[C@H](OC)C5)C3=CC[C@@]12C. The van der Waals surface area contributed by atoms with Gasteiger partial charge in [0.15, 0.2) is 0 Å². The molecular weight excluding hydrogens is 735 g/mol. The molecule has 4 aliphatic carbocycles. The van der Waals surface area contributed by atoms with E-state index in [1.807, 2.05) is 19.1 Å². The summed E-state index contributed by atoms with van der Waals surface area (Å²) in [5, 5.41) is 0. The summed E-state index contributed by atoms with van der Waals surface area (Å²) in [5.41, 5.74) is 1.11. The van der Waals surface area contributed by atoms with Crippen molar-refractivity contribution in [2.45, 2.75) is 158 Å². The largest absolute Gasteiger partial charge is 0.465 e. The van der Waals surface area contributed by atoms with Crippen LogP contribution in [0.2, 0.25) is 0 Å². The average Bonchev–Trinajstić information content (AvgIpc) is 3.13. The number of rotatable bonds is 13. The highest BCUT2D eigenvalue weighted by atomic mass is 32.2.